The molecule has 2 aromatic rings. The highest BCUT2D eigenvalue weighted by molar-refractivity contribution is 7.17. The van der Waals surface area contributed by atoms with E-state index in [1.54, 1.807) is 11.3 Å². The van der Waals surface area contributed by atoms with Crippen LogP contribution in [0.4, 0.5) is 0 Å². The van der Waals surface area contributed by atoms with Crippen molar-refractivity contribution in [3.8, 4) is 0 Å². The van der Waals surface area contributed by atoms with E-state index in [1.165, 1.54) is 4.70 Å². The van der Waals surface area contributed by atoms with Crippen LogP contribution in [0.15, 0.2) is 29.6 Å². The molecule has 3 N–H and O–H groups in total. The first-order valence-corrected chi connectivity index (χ1v) is 7.11. The minimum Gasteiger partial charge on any atom is -0.368 e. The van der Waals surface area contributed by atoms with Crippen LogP contribution in [0.2, 0.25) is 0 Å². The summed E-state index contributed by atoms with van der Waals surface area (Å²) in [5.74, 6) is -0.331. The van der Waals surface area contributed by atoms with Crippen LogP contribution >= 0.6 is 11.3 Å². The van der Waals surface area contributed by atoms with Crippen molar-refractivity contribution in [3.05, 3.63) is 35.2 Å². The third-order valence-electron chi connectivity index (χ3n) is 3.01. The van der Waals surface area contributed by atoms with E-state index in [0.717, 1.165) is 24.0 Å². The summed E-state index contributed by atoms with van der Waals surface area (Å²) in [7, 11) is 4.00. The van der Waals surface area contributed by atoms with E-state index >= 15 is 0 Å². The first kappa shape index (κ1) is 14.0. The highest BCUT2D eigenvalue weighted by Crippen LogP contribution is 2.30. The van der Waals surface area contributed by atoms with Crippen LogP contribution in [-0.2, 0) is 4.79 Å². The van der Waals surface area contributed by atoms with Gasteiger partial charge in [0.2, 0.25) is 5.91 Å². The van der Waals surface area contributed by atoms with Crippen LogP contribution in [0.1, 0.15) is 11.6 Å². The summed E-state index contributed by atoms with van der Waals surface area (Å²) in [6.45, 7) is 1.59. The van der Waals surface area contributed by atoms with Crippen LogP contribution in [-0.4, -0.2) is 38.0 Å². The number of rotatable bonds is 6. The summed E-state index contributed by atoms with van der Waals surface area (Å²) >= 11 is 1.64. The number of thiophene rings is 1. The molecule has 1 aromatic carbocycles. The van der Waals surface area contributed by atoms with Crippen molar-refractivity contribution in [2.45, 2.75) is 6.04 Å². The lowest BCUT2D eigenvalue weighted by Gasteiger charge is -2.17. The zero-order valence-electron chi connectivity index (χ0n) is 11.2. The topological polar surface area (TPSA) is 58.4 Å². The average Bonchev–Trinajstić information content (AvgIpc) is 2.77. The molecule has 0 radical (unpaired) electrons. The summed E-state index contributed by atoms with van der Waals surface area (Å²) in [4.78, 5) is 13.7. The monoisotopic (exact) mass is 277 g/mol. The van der Waals surface area contributed by atoms with Gasteiger partial charge in [0, 0.05) is 17.8 Å². The molecule has 0 aliphatic rings. The molecule has 0 aliphatic heterocycles. The summed E-state index contributed by atoms with van der Waals surface area (Å²) in [5.41, 5.74) is 6.50. The van der Waals surface area contributed by atoms with E-state index in [-0.39, 0.29) is 5.91 Å². The van der Waals surface area contributed by atoms with Crippen LogP contribution in [0.5, 0.6) is 0 Å². The normalized spacial score (nSPS) is 13.0. The Balaban J connectivity index is 2.21. The number of hydrogen-bond donors (Lipinski definition) is 2. The second-order valence-electron chi connectivity index (χ2n) is 4.78. The fraction of sp³-hybridized carbons (Fsp3) is 0.357. The summed E-state index contributed by atoms with van der Waals surface area (Å²) in [5, 5.41) is 6.36. The van der Waals surface area contributed by atoms with Gasteiger partial charge in [0.05, 0.1) is 0 Å². The first-order valence-electron chi connectivity index (χ1n) is 6.23. The summed E-state index contributed by atoms with van der Waals surface area (Å²) in [6.07, 6.45) is 0. The van der Waals surface area contributed by atoms with Gasteiger partial charge in [-0.2, -0.15) is 0 Å². The lowest BCUT2D eigenvalue weighted by molar-refractivity contribution is -0.120. The van der Waals surface area contributed by atoms with E-state index in [2.05, 4.69) is 16.3 Å². The number of fused-ring (bicyclic) bond motifs is 1. The fourth-order valence-corrected chi connectivity index (χ4v) is 3.01. The molecule has 1 heterocycles. The number of nitrogens with one attached hydrogen (secondary N) is 1. The van der Waals surface area contributed by atoms with Crippen LogP contribution in [0.3, 0.4) is 0 Å². The van der Waals surface area contributed by atoms with Gasteiger partial charge < -0.3 is 16.0 Å². The van der Waals surface area contributed by atoms with Gasteiger partial charge in [0.25, 0.3) is 0 Å². The molecule has 2 rings (SSSR count). The highest BCUT2D eigenvalue weighted by Gasteiger charge is 2.20. The molecule has 19 heavy (non-hydrogen) atoms. The molecule has 1 unspecified atom stereocenters. The predicted molar refractivity (Wildman–Crippen MR) is 80.3 cm³/mol. The van der Waals surface area contributed by atoms with E-state index in [9.17, 15) is 4.79 Å². The van der Waals surface area contributed by atoms with E-state index in [0.29, 0.717) is 0 Å². The third kappa shape index (κ3) is 3.32. The van der Waals surface area contributed by atoms with Crippen LogP contribution < -0.4 is 11.1 Å². The van der Waals surface area contributed by atoms with Crippen molar-refractivity contribution < 1.29 is 4.79 Å². The third-order valence-corrected chi connectivity index (χ3v) is 4.00. The van der Waals surface area contributed by atoms with Gasteiger partial charge >= 0.3 is 0 Å². The van der Waals surface area contributed by atoms with E-state index in [1.807, 2.05) is 37.7 Å². The van der Waals surface area contributed by atoms with Gasteiger partial charge in [-0.25, -0.2) is 0 Å². The Hall–Kier alpha value is -1.43. The summed E-state index contributed by atoms with van der Waals surface area (Å²) < 4.78 is 1.18. The number of amides is 1. The molecule has 5 heteroatoms. The molecule has 0 bridgehead atoms. The van der Waals surface area contributed by atoms with Crippen LogP contribution in [0.25, 0.3) is 10.1 Å². The smallest absolute Gasteiger partial charge is 0.239 e. The number of primary amides is 1. The van der Waals surface area contributed by atoms with Gasteiger partial charge in [-0.3, -0.25) is 4.79 Å². The Morgan fingerprint density at radius 1 is 1.42 bits per heavy atom. The van der Waals surface area contributed by atoms with Gasteiger partial charge in [0.15, 0.2) is 0 Å². The Morgan fingerprint density at radius 3 is 2.84 bits per heavy atom. The van der Waals surface area contributed by atoms with Crippen molar-refractivity contribution in [2.75, 3.05) is 27.2 Å². The number of carbonyl (C=O) groups is 1. The van der Waals surface area contributed by atoms with Crippen molar-refractivity contribution in [1.29, 1.82) is 0 Å². The summed E-state index contributed by atoms with van der Waals surface area (Å²) in [6, 6.07) is 7.65. The maximum absolute atomic E-state index is 11.7. The molecule has 1 atom stereocenters. The second kappa shape index (κ2) is 6.14. The molecule has 0 saturated heterocycles. The SMILES string of the molecule is CN(C)CCNC(C(N)=O)c1csc2ccccc12. The molecular formula is C14H19N3OS. The lowest BCUT2D eigenvalue weighted by atomic mass is 10.1. The standard InChI is InChI=1S/C14H19N3OS/c1-17(2)8-7-16-13(14(15)18)11-9-19-12-6-4-3-5-10(11)12/h3-6,9,13,16H,7-8H2,1-2H3,(H2,15,18). The van der Waals surface area contributed by atoms with E-state index in [4.69, 9.17) is 5.73 Å². The molecule has 0 aliphatic carbocycles. The van der Waals surface area contributed by atoms with Gasteiger partial charge in [-0.05, 0) is 36.5 Å². The lowest BCUT2D eigenvalue weighted by Crippen LogP contribution is -2.37. The Labute approximate surface area is 117 Å². The highest BCUT2D eigenvalue weighted by atomic mass is 32.1. The number of benzene rings is 1. The molecule has 0 spiro atoms. The number of hydrogen-bond acceptors (Lipinski definition) is 4. The van der Waals surface area contributed by atoms with E-state index < -0.39 is 6.04 Å². The molecule has 0 saturated carbocycles. The van der Waals surface area contributed by atoms with Crippen molar-refractivity contribution in [1.82, 2.24) is 10.2 Å². The Bertz CT molecular complexity index is 565. The number of nitrogens with two attached hydrogens (primary N) is 1. The van der Waals surface area contributed by atoms with Crippen LogP contribution in [0, 0.1) is 0 Å². The zero-order chi connectivity index (χ0) is 13.8. The Kier molecular flexibility index (Phi) is 4.52. The molecular weight excluding hydrogens is 258 g/mol. The number of carbonyl (C=O) groups excluding carboxylic acids is 1. The largest absolute Gasteiger partial charge is 0.368 e. The van der Waals surface area contributed by atoms with Gasteiger partial charge in [-0.15, -0.1) is 11.3 Å². The predicted octanol–water partition coefficient (Wildman–Crippen LogP) is 1.58. The molecule has 1 amide bonds. The Morgan fingerprint density at radius 2 is 2.16 bits per heavy atom. The average molecular weight is 277 g/mol. The van der Waals surface area contributed by atoms with Crippen molar-refractivity contribution in [3.63, 3.8) is 0 Å². The second-order valence-corrected chi connectivity index (χ2v) is 5.69. The number of nitrogens with zero attached hydrogens (tertiary/aromatic N) is 1. The molecule has 102 valence electrons. The first-order chi connectivity index (χ1) is 9.09. The van der Waals surface area contributed by atoms with Gasteiger partial charge in [-0.1, -0.05) is 18.2 Å². The van der Waals surface area contributed by atoms with Gasteiger partial charge in [0.1, 0.15) is 6.04 Å². The maximum atomic E-state index is 11.7. The molecule has 4 nitrogen and oxygen atoms in total. The quantitative estimate of drug-likeness (QED) is 0.843. The zero-order valence-corrected chi connectivity index (χ0v) is 12.0. The fourth-order valence-electron chi connectivity index (χ4n) is 2.02. The maximum Gasteiger partial charge on any atom is 0.239 e. The minimum absolute atomic E-state index is 0.331. The number of likely N-dealkylation sites (N-methyl/N-ethyl adjacent to an activating group) is 1. The molecule has 0 fully saturated rings. The van der Waals surface area contributed by atoms with Crippen molar-refractivity contribution >= 4 is 27.3 Å². The minimum atomic E-state index is -0.420. The molecule has 1 aromatic heterocycles. The van der Waals surface area contributed by atoms with Crippen molar-refractivity contribution in [2.24, 2.45) is 5.73 Å².